The molecule has 2 heterocycles. The topological polar surface area (TPSA) is 156 Å². The molecular weight excluding hydrogens is 763 g/mol. The molecule has 3 aromatic carbocycles. The van der Waals surface area contributed by atoms with Crippen molar-refractivity contribution >= 4 is 8.53 Å². The molecule has 5 atom stereocenters. The maximum atomic E-state index is 13.6. The van der Waals surface area contributed by atoms with Gasteiger partial charge in [0.25, 0.3) is 14.1 Å². The Kier molecular flexibility index (Phi) is 16.2. The van der Waals surface area contributed by atoms with Gasteiger partial charge in [0.05, 0.1) is 53.1 Å². The van der Waals surface area contributed by atoms with Crippen LogP contribution in [0.1, 0.15) is 62.6 Å². The zero-order valence-corrected chi connectivity index (χ0v) is 35.3. The lowest BCUT2D eigenvalue weighted by atomic mass is 9.80. The Morgan fingerprint density at radius 3 is 1.97 bits per heavy atom. The highest BCUT2D eigenvalue weighted by molar-refractivity contribution is 7.44. The second-order valence-electron chi connectivity index (χ2n) is 14.3. The van der Waals surface area contributed by atoms with E-state index < -0.39 is 49.9 Å². The van der Waals surface area contributed by atoms with Crippen LogP contribution in [0.25, 0.3) is 0 Å². The summed E-state index contributed by atoms with van der Waals surface area (Å²) >= 11 is 0. The molecule has 0 saturated carbocycles. The lowest BCUT2D eigenvalue weighted by Crippen LogP contribution is -2.44. The maximum absolute atomic E-state index is 13.6. The van der Waals surface area contributed by atoms with Crippen LogP contribution in [0, 0.1) is 18.3 Å². The summed E-state index contributed by atoms with van der Waals surface area (Å²) in [6.45, 7) is 10.3. The molecule has 1 aliphatic rings. The first-order valence-electron chi connectivity index (χ1n) is 19.3. The van der Waals surface area contributed by atoms with Crippen molar-refractivity contribution in [1.29, 1.82) is 5.26 Å². The third kappa shape index (κ3) is 10.2. The lowest BCUT2D eigenvalue weighted by molar-refractivity contribution is -0.107. The van der Waals surface area contributed by atoms with E-state index in [9.17, 15) is 14.9 Å². The molecule has 1 saturated heterocycles. The Balaban J connectivity index is 1.67. The average Bonchev–Trinajstić information content (AvgIpc) is 3.56. The van der Waals surface area contributed by atoms with Gasteiger partial charge in [0.2, 0.25) is 0 Å². The van der Waals surface area contributed by atoms with Crippen molar-refractivity contribution in [3.8, 4) is 17.6 Å². The molecule has 14 nitrogen and oxygen atoms in total. The number of H-pyrrole nitrogens is 1. The average molecular weight is 819 g/mol. The van der Waals surface area contributed by atoms with Crippen LogP contribution in [0.2, 0.25) is 0 Å². The van der Waals surface area contributed by atoms with Crippen LogP contribution in [-0.2, 0) is 33.6 Å². The number of ether oxygens (including phenoxy) is 6. The molecule has 15 heteroatoms. The van der Waals surface area contributed by atoms with E-state index in [-0.39, 0.29) is 44.9 Å². The minimum Gasteiger partial charge on any atom is -0.497 e. The van der Waals surface area contributed by atoms with Crippen molar-refractivity contribution < 1.29 is 37.5 Å². The lowest BCUT2D eigenvalue weighted by Gasteiger charge is -2.38. The molecule has 0 bridgehead atoms. The number of aromatic nitrogens is 2. The predicted octanol–water partition coefficient (Wildman–Crippen LogP) is 6.46. The van der Waals surface area contributed by atoms with E-state index in [4.69, 9.17) is 37.5 Å². The van der Waals surface area contributed by atoms with Crippen LogP contribution in [-0.4, -0.2) is 92.4 Å². The predicted molar refractivity (Wildman–Crippen MR) is 220 cm³/mol. The number of aryl methyl sites for hydroxylation is 1. The van der Waals surface area contributed by atoms with E-state index in [0.29, 0.717) is 17.1 Å². The number of rotatable bonds is 21. The molecule has 5 unspecified atom stereocenters. The highest BCUT2D eigenvalue weighted by atomic mass is 31.2. The van der Waals surface area contributed by atoms with Crippen LogP contribution >= 0.6 is 8.53 Å². The molecular formula is C43H55N4O10P. The summed E-state index contributed by atoms with van der Waals surface area (Å²) in [4.78, 5) is 28.6. The monoisotopic (exact) mass is 818 g/mol. The number of nitrogens with one attached hydrogen (secondary N) is 1. The van der Waals surface area contributed by atoms with Gasteiger partial charge < -0.3 is 37.5 Å². The first-order valence-corrected chi connectivity index (χ1v) is 20.4. The van der Waals surface area contributed by atoms with Gasteiger partial charge in [-0.05, 0) is 75.6 Å². The number of hydrogen-bond donors (Lipinski definition) is 1. The fourth-order valence-corrected chi connectivity index (χ4v) is 8.84. The maximum Gasteiger partial charge on any atom is 0.330 e. The third-order valence-corrected chi connectivity index (χ3v) is 11.9. The van der Waals surface area contributed by atoms with E-state index in [1.54, 1.807) is 28.3 Å². The van der Waals surface area contributed by atoms with Crippen LogP contribution in [0.15, 0.2) is 94.6 Å². The second kappa shape index (κ2) is 21.0. The van der Waals surface area contributed by atoms with Crippen molar-refractivity contribution in [1.82, 2.24) is 14.2 Å². The van der Waals surface area contributed by atoms with Crippen LogP contribution in [0.3, 0.4) is 0 Å². The van der Waals surface area contributed by atoms with Gasteiger partial charge in [-0.25, -0.2) is 9.46 Å². The van der Waals surface area contributed by atoms with E-state index in [2.05, 4.69) is 15.7 Å². The third-order valence-electron chi connectivity index (χ3n) is 9.82. The van der Waals surface area contributed by atoms with Crippen molar-refractivity contribution in [3.05, 3.63) is 128 Å². The van der Waals surface area contributed by atoms with Crippen LogP contribution in [0.5, 0.6) is 11.5 Å². The van der Waals surface area contributed by atoms with E-state index in [0.717, 1.165) is 16.7 Å². The van der Waals surface area contributed by atoms with E-state index in [1.807, 2.05) is 107 Å². The van der Waals surface area contributed by atoms with Gasteiger partial charge in [-0.3, -0.25) is 14.3 Å². The van der Waals surface area contributed by atoms with Gasteiger partial charge in [-0.2, -0.15) is 5.26 Å². The zero-order chi connectivity index (χ0) is 41.8. The second-order valence-corrected chi connectivity index (χ2v) is 15.7. The molecule has 0 amide bonds. The Morgan fingerprint density at radius 2 is 1.43 bits per heavy atom. The Bertz CT molecular complexity index is 1980. The molecule has 4 aromatic rings. The number of nitriles is 1. The fraction of sp³-hybridized carbons (Fsp3) is 0.465. The summed E-state index contributed by atoms with van der Waals surface area (Å²) in [5.41, 5.74) is 0.393. The summed E-state index contributed by atoms with van der Waals surface area (Å²) in [5.74, 6) is 1.36. The standard InChI is InChI=1S/C43H55N4O10P/c1-29(2)47(30(3)4)58(55-24-12-23-44)57-39-38(53-26-25-50-6)37(56-41(39)46-27-31(5)40(48)45-42(46)49)28-54-43(32-13-10-9-11-14-32,33-15-19-35(51-7)20-16-33)34-17-21-36(52-8)22-18-34/h9-11,13-22,27,29-30,37-39,41H,12,24-26,28H2,1-8H3,(H,45,48,49). The summed E-state index contributed by atoms with van der Waals surface area (Å²) in [6.07, 6.45) is -2.13. The summed E-state index contributed by atoms with van der Waals surface area (Å²) in [5, 5.41) is 9.39. The van der Waals surface area contributed by atoms with Crippen molar-refractivity contribution in [2.24, 2.45) is 0 Å². The number of nitrogens with zero attached hydrogens (tertiary/aromatic N) is 3. The molecule has 0 radical (unpaired) electrons. The van der Waals surface area contributed by atoms with Crippen LogP contribution < -0.4 is 20.7 Å². The minimum absolute atomic E-state index is 0.0144. The number of hydrogen-bond acceptors (Lipinski definition) is 12. The van der Waals surface area contributed by atoms with Gasteiger partial charge >= 0.3 is 5.69 Å². The molecule has 5 rings (SSSR count). The summed E-state index contributed by atoms with van der Waals surface area (Å²) in [7, 11) is 2.98. The highest BCUT2D eigenvalue weighted by Crippen LogP contribution is 2.51. The number of methoxy groups -OCH3 is 3. The molecule has 0 spiro atoms. The first kappa shape index (κ1) is 44.7. The van der Waals surface area contributed by atoms with Gasteiger partial charge in [0.1, 0.15) is 35.4 Å². The molecule has 1 aliphatic heterocycles. The van der Waals surface area contributed by atoms with Gasteiger partial charge in [-0.15, -0.1) is 0 Å². The van der Waals surface area contributed by atoms with Crippen LogP contribution in [0.4, 0.5) is 0 Å². The van der Waals surface area contributed by atoms with Gasteiger partial charge in [0, 0.05) is 31.0 Å². The van der Waals surface area contributed by atoms with Gasteiger partial charge in [-0.1, -0.05) is 54.6 Å². The zero-order valence-electron chi connectivity index (χ0n) is 34.5. The first-order chi connectivity index (χ1) is 28.0. The largest absolute Gasteiger partial charge is 0.497 e. The SMILES string of the molecule is COCCOC1C(COC(c2ccccc2)(c2ccc(OC)cc2)c2ccc(OC)cc2)OC(n2cc(C)c(=O)[nH]c2=O)C1OP(OCCC#N)N(C(C)C)C(C)C. The Morgan fingerprint density at radius 1 is 0.845 bits per heavy atom. The van der Waals surface area contributed by atoms with Crippen molar-refractivity contribution in [2.45, 2.75) is 83.3 Å². The smallest absolute Gasteiger partial charge is 0.330 e. The van der Waals surface area contributed by atoms with Crippen molar-refractivity contribution in [2.75, 3.05) is 47.8 Å². The summed E-state index contributed by atoms with van der Waals surface area (Å²) < 4.78 is 53.9. The molecule has 58 heavy (non-hydrogen) atoms. The van der Waals surface area contributed by atoms with E-state index in [1.165, 1.54) is 10.8 Å². The van der Waals surface area contributed by atoms with E-state index >= 15 is 0 Å². The Hall–Kier alpha value is -4.42. The van der Waals surface area contributed by atoms with Gasteiger partial charge in [0.15, 0.2) is 6.23 Å². The molecule has 1 N–H and O–H groups in total. The fourth-order valence-electron chi connectivity index (χ4n) is 7.10. The molecule has 1 aromatic heterocycles. The Labute approximate surface area is 341 Å². The minimum atomic E-state index is -1.84. The quantitative estimate of drug-likeness (QED) is 0.0557. The summed E-state index contributed by atoms with van der Waals surface area (Å²) in [6, 6.07) is 27.4. The van der Waals surface area contributed by atoms with Crippen molar-refractivity contribution in [3.63, 3.8) is 0 Å². The molecule has 0 aliphatic carbocycles. The normalized spacial score (nSPS) is 18.8. The number of aromatic amines is 1. The number of benzene rings is 3. The highest BCUT2D eigenvalue weighted by Gasteiger charge is 2.51. The molecule has 1 fully saturated rings. The molecule has 312 valence electrons.